The molecule has 0 fully saturated rings. The summed E-state index contributed by atoms with van der Waals surface area (Å²) in [5.74, 6) is 6.42. The van der Waals surface area contributed by atoms with Crippen LogP contribution in [0.4, 0.5) is 0 Å². The van der Waals surface area contributed by atoms with Gasteiger partial charge in [0.1, 0.15) is 11.6 Å². The molecule has 0 atom stereocenters. The van der Waals surface area contributed by atoms with Crippen LogP contribution < -0.4 is 5.56 Å². The van der Waals surface area contributed by atoms with E-state index in [1.54, 1.807) is 16.8 Å². The average Bonchev–Trinajstić information content (AvgIpc) is 2.52. The molecule has 22 heavy (non-hydrogen) atoms. The summed E-state index contributed by atoms with van der Waals surface area (Å²) in [6, 6.07) is 13.2. The Hall–Kier alpha value is -2.78. The predicted molar refractivity (Wildman–Crippen MR) is 87.3 cm³/mol. The zero-order chi connectivity index (χ0) is 15.9. The van der Waals surface area contributed by atoms with Gasteiger partial charge in [-0.15, -0.1) is 0 Å². The lowest BCUT2D eigenvalue weighted by atomic mass is 10.1. The summed E-state index contributed by atoms with van der Waals surface area (Å²) in [6.07, 6.45) is 2.63. The molecule has 1 aromatic carbocycles. The monoisotopic (exact) mass is 290 g/mol. The average molecular weight is 290 g/mol. The summed E-state index contributed by atoms with van der Waals surface area (Å²) in [7, 11) is 0. The minimum absolute atomic E-state index is 0.120. The Kier molecular flexibility index (Phi) is 5.17. The van der Waals surface area contributed by atoms with Crippen molar-refractivity contribution in [2.24, 2.45) is 5.92 Å². The third-order valence-corrected chi connectivity index (χ3v) is 3.34. The fourth-order valence-corrected chi connectivity index (χ4v) is 2.02. The normalized spacial score (nSPS) is 9.91. The van der Waals surface area contributed by atoms with Crippen LogP contribution in [0.1, 0.15) is 37.0 Å². The molecule has 0 N–H and O–H groups in total. The van der Waals surface area contributed by atoms with Gasteiger partial charge in [0, 0.05) is 23.9 Å². The molecule has 0 spiro atoms. The molecule has 1 aromatic heterocycles. The van der Waals surface area contributed by atoms with Gasteiger partial charge in [0.15, 0.2) is 0 Å². The van der Waals surface area contributed by atoms with Gasteiger partial charge in [0.25, 0.3) is 5.56 Å². The number of benzene rings is 1. The van der Waals surface area contributed by atoms with E-state index in [9.17, 15) is 10.1 Å². The lowest BCUT2D eigenvalue weighted by molar-refractivity contribution is 0.507. The molecule has 0 amide bonds. The molecule has 0 aliphatic rings. The van der Waals surface area contributed by atoms with Gasteiger partial charge in [-0.05, 0) is 30.5 Å². The molecule has 110 valence electrons. The van der Waals surface area contributed by atoms with E-state index < -0.39 is 0 Å². The van der Waals surface area contributed by atoms with Crippen LogP contribution in [0.15, 0.2) is 47.4 Å². The molecule has 0 unspecified atom stereocenters. The van der Waals surface area contributed by atoms with Crippen LogP contribution in [0.3, 0.4) is 0 Å². The Morgan fingerprint density at radius 1 is 1.14 bits per heavy atom. The highest BCUT2D eigenvalue weighted by atomic mass is 16.1. The number of nitriles is 1. The van der Waals surface area contributed by atoms with Crippen molar-refractivity contribution in [2.45, 2.75) is 26.8 Å². The van der Waals surface area contributed by atoms with Crippen LogP contribution in [-0.4, -0.2) is 4.57 Å². The highest BCUT2D eigenvalue weighted by molar-refractivity contribution is 5.49. The smallest absolute Gasteiger partial charge is 0.269 e. The lowest BCUT2D eigenvalue weighted by Gasteiger charge is -2.08. The summed E-state index contributed by atoms with van der Waals surface area (Å²) in [4.78, 5) is 12.3. The van der Waals surface area contributed by atoms with E-state index in [2.05, 4.69) is 25.7 Å². The lowest BCUT2D eigenvalue weighted by Crippen LogP contribution is -2.23. The highest BCUT2D eigenvalue weighted by Gasteiger charge is 2.08. The summed E-state index contributed by atoms with van der Waals surface area (Å²) < 4.78 is 1.59. The molecule has 3 nitrogen and oxygen atoms in total. The molecule has 3 heteroatoms. The Morgan fingerprint density at radius 2 is 1.86 bits per heavy atom. The van der Waals surface area contributed by atoms with Gasteiger partial charge < -0.3 is 4.57 Å². The Bertz CT molecular complexity index is 799. The molecule has 0 aliphatic carbocycles. The fourth-order valence-electron chi connectivity index (χ4n) is 2.02. The minimum atomic E-state index is -0.261. The number of aryl methyl sites for hydroxylation is 1. The van der Waals surface area contributed by atoms with Gasteiger partial charge in [-0.2, -0.15) is 5.26 Å². The second-order valence-electron chi connectivity index (χ2n) is 5.51. The second kappa shape index (κ2) is 7.29. The van der Waals surface area contributed by atoms with E-state index in [0.29, 0.717) is 18.0 Å². The molecule has 0 aliphatic heterocycles. The van der Waals surface area contributed by atoms with Crippen LogP contribution in [0.5, 0.6) is 0 Å². The van der Waals surface area contributed by atoms with E-state index in [-0.39, 0.29) is 11.1 Å². The van der Waals surface area contributed by atoms with Crippen molar-refractivity contribution in [3.8, 4) is 17.9 Å². The predicted octanol–water partition coefficient (Wildman–Crippen LogP) is 3.17. The van der Waals surface area contributed by atoms with Crippen LogP contribution in [0.2, 0.25) is 0 Å². The third-order valence-electron chi connectivity index (χ3n) is 3.34. The molecular weight excluding hydrogens is 272 g/mol. The number of aromatic nitrogens is 1. The molecular formula is C19H18N2O. The van der Waals surface area contributed by atoms with Crippen LogP contribution >= 0.6 is 0 Å². The van der Waals surface area contributed by atoms with Crippen molar-refractivity contribution in [2.75, 3.05) is 0 Å². The Morgan fingerprint density at radius 3 is 2.50 bits per heavy atom. The number of hydrogen-bond acceptors (Lipinski definition) is 2. The van der Waals surface area contributed by atoms with Gasteiger partial charge >= 0.3 is 0 Å². The molecule has 0 radical (unpaired) electrons. The Balaban J connectivity index is 2.35. The summed E-state index contributed by atoms with van der Waals surface area (Å²) in [6.45, 7) is 4.84. The number of nitrogens with zero attached hydrogens (tertiary/aromatic N) is 2. The SMILES string of the molecule is CC(C)CCn1ccc(C#Cc2ccccc2)c(C#N)c1=O. The van der Waals surface area contributed by atoms with Crippen molar-refractivity contribution >= 4 is 0 Å². The minimum Gasteiger partial charge on any atom is -0.314 e. The van der Waals surface area contributed by atoms with Gasteiger partial charge in [0.05, 0.1) is 0 Å². The fraction of sp³-hybridized carbons (Fsp3) is 0.263. The van der Waals surface area contributed by atoms with Crippen molar-refractivity contribution < 1.29 is 0 Å². The van der Waals surface area contributed by atoms with Crippen molar-refractivity contribution in [3.63, 3.8) is 0 Å². The molecule has 0 saturated heterocycles. The maximum Gasteiger partial charge on any atom is 0.269 e. The van der Waals surface area contributed by atoms with Crippen LogP contribution in [-0.2, 0) is 6.54 Å². The van der Waals surface area contributed by atoms with Crippen molar-refractivity contribution in [1.82, 2.24) is 4.57 Å². The van der Waals surface area contributed by atoms with Crippen LogP contribution in [0, 0.1) is 29.1 Å². The van der Waals surface area contributed by atoms with Crippen molar-refractivity contribution in [1.29, 1.82) is 5.26 Å². The maximum absolute atomic E-state index is 12.3. The summed E-state index contributed by atoms with van der Waals surface area (Å²) in [5.41, 5.74) is 1.20. The number of pyridine rings is 1. The number of rotatable bonds is 3. The Labute approximate surface area is 130 Å². The van der Waals surface area contributed by atoms with E-state index >= 15 is 0 Å². The van der Waals surface area contributed by atoms with Gasteiger partial charge in [-0.1, -0.05) is 43.9 Å². The van der Waals surface area contributed by atoms with E-state index in [0.717, 1.165) is 12.0 Å². The first-order valence-electron chi connectivity index (χ1n) is 7.32. The maximum atomic E-state index is 12.3. The number of hydrogen-bond donors (Lipinski definition) is 0. The zero-order valence-electron chi connectivity index (χ0n) is 12.8. The summed E-state index contributed by atoms with van der Waals surface area (Å²) in [5, 5.41) is 9.27. The van der Waals surface area contributed by atoms with E-state index in [1.807, 2.05) is 36.4 Å². The van der Waals surface area contributed by atoms with E-state index in [1.165, 1.54) is 0 Å². The first kappa shape index (κ1) is 15.6. The standard InChI is InChI=1S/C19H18N2O/c1-15(2)10-12-21-13-11-17(18(14-20)19(21)22)9-8-16-6-4-3-5-7-16/h3-7,11,13,15H,10,12H2,1-2H3. The highest BCUT2D eigenvalue weighted by Crippen LogP contribution is 2.05. The topological polar surface area (TPSA) is 45.8 Å². The summed E-state index contributed by atoms with van der Waals surface area (Å²) >= 11 is 0. The molecule has 0 saturated carbocycles. The zero-order valence-corrected chi connectivity index (χ0v) is 12.8. The molecule has 2 aromatic rings. The molecule has 2 rings (SSSR count). The van der Waals surface area contributed by atoms with E-state index in [4.69, 9.17) is 0 Å². The molecule has 1 heterocycles. The van der Waals surface area contributed by atoms with Crippen LogP contribution in [0.25, 0.3) is 0 Å². The third kappa shape index (κ3) is 3.87. The second-order valence-corrected chi connectivity index (χ2v) is 5.51. The molecule has 0 bridgehead atoms. The van der Waals surface area contributed by atoms with Gasteiger partial charge in [0.2, 0.25) is 0 Å². The van der Waals surface area contributed by atoms with Gasteiger partial charge in [-0.25, -0.2) is 0 Å². The van der Waals surface area contributed by atoms with Gasteiger partial charge in [-0.3, -0.25) is 4.79 Å². The largest absolute Gasteiger partial charge is 0.314 e. The van der Waals surface area contributed by atoms with Crippen molar-refractivity contribution in [3.05, 3.63) is 69.6 Å². The first-order valence-corrected chi connectivity index (χ1v) is 7.32. The quantitative estimate of drug-likeness (QED) is 0.815. The first-order chi connectivity index (χ1) is 10.6.